The van der Waals surface area contributed by atoms with Crippen molar-refractivity contribution in [2.24, 2.45) is 0 Å². The molecule has 0 aliphatic carbocycles. The summed E-state index contributed by atoms with van der Waals surface area (Å²) in [5, 5.41) is 4.27. The van der Waals surface area contributed by atoms with Crippen LogP contribution in [0.3, 0.4) is 0 Å². The standard InChI is InChI=1S/C29H24BrN7O/c1-16(2)22-11-9-21-28(34-22)32-15-33-29(21)37-25-13-17(27-35-23-10-4-18(30)14-24(23)36-27)3-12-26(25)38-20-7-5-19(31)6-8-20/h3-16H,31H2,1-2H3,(H,35,36)(H,32,33,34,37). The number of nitrogens with one attached hydrogen (secondary N) is 2. The molecule has 0 bridgehead atoms. The van der Waals surface area contributed by atoms with Crippen molar-refractivity contribution in [2.45, 2.75) is 19.8 Å². The normalized spacial score (nSPS) is 11.4. The monoisotopic (exact) mass is 565 g/mol. The molecule has 8 nitrogen and oxygen atoms in total. The fourth-order valence-corrected chi connectivity index (χ4v) is 4.51. The Morgan fingerprint density at radius 3 is 2.58 bits per heavy atom. The lowest BCUT2D eigenvalue weighted by Gasteiger charge is -2.15. The summed E-state index contributed by atoms with van der Waals surface area (Å²) < 4.78 is 7.24. The van der Waals surface area contributed by atoms with Gasteiger partial charge < -0.3 is 20.8 Å². The zero-order chi connectivity index (χ0) is 26.2. The van der Waals surface area contributed by atoms with Crippen LogP contribution in [0.4, 0.5) is 17.2 Å². The highest BCUT2D eigenvalue weighted by atomic mass is 79.9. The predicted octanol–water partition coefficient (Wildman–Crippen LogP) is 7.57. The quantitative estimate of drug-likeness (QED) is 0.178. The third kappa shape index (κ3) is 4.76. The number of hydrogen-bond donors (Lipinski definition) is 3. The summed E-state index contributed by atoms with van der Waals surface area (Å²) in [5.41, 5.74) is 11.6. The van der Waals surface area contributed by atoms with E-state index >= 15 is 0 Å². The maximum atomic E-state index is 6.25. The molecule has 0 aliphatic rings. The van der Waals surface area contributed by atoms with Crippen LogP contribution in [0.2, 0.25) is 0 Å². The minimum atomic E-state index is 0.298. The third-order valence-corrected chi connectivity index (χ3v) is 6.66. The van der Waals surface area contributed by atoms with E-state index in [-0.39, 0.29) is 0 Å². The first-order valence-corrected chi connectivity index (χ1v) is 12.9. The lowest BCUT2D eigenvalue weighted by molar-refractivity contribution is 0.485. The lowest BCUT2D eigenvalue weighted by Crippen LogP contribution is -2.01. The molecule has 6 aromatic rings. The van der Waals surface area contributed by atoms with Gasteiger partial charge in [0.05, 0.1) is 22.1 Å². The van der Waals surface area contributed by atoms with Gasteiger partial charge in [-0.2, -0.15) is 0 Å². The number of nitrogens with two attached hydrogens (primary N) is 1. The number of aromatic amines is 1. The second-order valence-electron chi connectivity index (χ2n) is 9.24. The fraction of sp³-hybridized carbons (Fsp3) is 0.103. The molecule has 0 aliphatic heterocycles. The van der Waals surface area contributed by atoms with Gasteiger partial charge in [0.1, 0.15) is 23.7 Å². The Balaban J connectivity index is 1.44. The van der Waals surface area contributed by atoms with Crippen molar-refractivity contribution < 1.29 is 4.74 Å². The van der Waals surface area contributed by atoms with E-state index in [1.807, 2.05) is 60.7 Å². The highest BCUT2D eigenvalue weighted by Gasteiger charge is 2.14. The molecule has 9 heteroatoms. The molecule has 38 heavy (non-hydrogen) atoms. The van der Waals surface area contributed by atoms with Crippen molar-refractivity contribution in [3.63, 3.8) is 0 Å². The van der Waals surface area contributed by atoms with E-state index in [4.69, 9.17) is 20.4 Å². The molecular formula is C29H24BrN7O. The first kappa shape index (κ1) is 23.9. The Kier molecular flexibility index (Phi) is 6.13. The molecule has 0 atom stereocenters. The Morgan fingerprint density at radius 2 is 1.76 bits per heavy atom. The smallest absolute Gasteiger partial charge is 0.164 e. The molecule has 0 saturated carbocycles. The van der Waals surface area contributed by atoms with Crippen molar-refractivity contribution >= 4 is 55.2 Å². The Labute approximate surface area is 227 Å². The molecule has 3 heterocycles. The number of ether oxygens (including phenoxy) is 1. The van der Waals surface area contributed by atoms with E-state index in [2.05, 4.69) is 50.0 Å². The average molecular weight is 566 g/mol. The molecular weight excluding hydrogens is 542 g/mol. The number of nitrogens with zero attached hydrogens (tertiary/aromatic N) is 4. The van der Waals surface area contributed by atoms with Crippen molar-refractivity contribution in [3.05, 3.63) is 89.3 Å². The summed E-state index contributed by atoms with van der Waals surface area (Å²) in [6.07, 6.45) is 1.52. The van der Waals surface area contributed by atoms with Crippen LogP contribution in [0.1, 0.15) is 25.5 Å². The van der Waals surface area contributed by atoms with Crippen LogP contribution in [-0.2, 0) is 0 Å². The van der Waals surface area contributed by atoms with Crippen LogP contribution < -0.4 is 15.8 Å². The van der Waals surface area contributed by atoms with Gasteiger partial charge in [0.2, 0.25) is 0 Å². The maximum absolute atomic E-state index is 6.25. The van der Waals surface area contributed by atoms with Gasteiger partial charge in [0.25, 0.3) is 0 Å². The van der Waals surface area contributed by atoms with Crippen molar-refractivity contribution in [1.82, 2.24) is 24.9 Å². The van der Waals surface area contributed by atoms with Gasteiger partial charge in [-0.25, -0.2) is 19.9 Å². The SMILES string of the molecule is CC(C)c1ccc2c(Nc3cc(-c4nc5ccc(Br)cc5[nH]4)ccc3Oc3ccc(N)cc3)ncnc2n1. The maximum Gasteiger partial charge on any atom is 0.164 e. The van der Waals surface area contributed by atoms with Gasteiger partial charge in [-0.1, -0.05) is 29.8 Å². The highest BCUT2D eigenvalue weighted by Crippen LogP contribution is 2.36. The highest BCUT2D eigenvalue weighted by molar-refractivity contribution is 9.10. The summed E-state index contributed by atoms with van der Waals surface area (Å²) in [5.74, 6) is 2.96. The number of benzene rings is 3. The Hall–Kier alpha value is -4.50. The molecule has 188 valence electrons. The van der Waals surface area contributed by atoms with Crippen LogP contribution in [-0.4, -0.2) is 24.9 Å². The van der Waals surface area contributed by atoms with Gasteiger partial charge in [-0.05, 0) is 78.7 Å². The first-order chi connectivity index (χ1) is 18.4. The Morgan fingerprint density at radius 1 is 0.921 bits per heavy atom. The van der Waals surface area contributed by atoms with E-state index in [0.717, 1.165) is 38.0 Å². The molecule has 0 unspecified atom stereocenters. The predicted molar refractivity (Wildman–Crippen MR) is 155 cm³/mol. The molecule has 4 N–H and O–H groups in total. The van der Waals surface area contributed by atoms with Gasteiger partial charge in [0.15, 0.2) is 11.4 Å². The summed E-state index contributed by atoms with van der Waals surface area (Å²) in [6.45, 7) is 4.22. The van der Waals surface area contributed by atoms with Crippen LogP contribution in [0.5, 0.6) is 11.5 Å². The summed E-state index contributed by atoms with van der Waals surface area (Å²) in [6, 6.07) is 23.1. The molecule has 0 amide bonds. The van der Waals surface area contributed by atoms with Crippen LogP contribution in [0.25, 0.3) is 33.5 Å². The fourth-order valence-electron chi connectivity index (χ4n) is 4.15. The minimum absolute atomic E-state index is 0.298. The van der Waals surface area contributed by atoms with Crippen molar-refractivity contribution in [1.29, 1.82) is 0 Å². The van der Waals surface area contributed by atoms with E-state index < -0.39 is 0 Å². The molecule has 6 rings (SSSR count). The molecule has 0 saturated heterocycles. The molecule has 3 aromatic heterocycles. The van der Waals surface area contributed by atoms with Crippen molar-refractivity contribution in [2.75, 3.05) is 11.1 Å². The number of nitrogen functional groups attached to an aromatic ring is 1. The molecule has 0 fully saturated rings. The van der Waals surface area contributed by atoms with Gasteiger partial charge in [0, 0.05) is 21.4 Å². The van der Waals surface area contributed by atoms with E-state index in [1.165, 1.54) is 6.33 Å². The zero-order valence-corrected chi connectivity index (χ0v) is 22.3. The van der Waals surface area contributed by atoms with Crippen molar-refractivity contribution in [3.8, 4) is 22.9 Å². The number of pyridine rings is 1. The van der Waals surface area contributed by atoms with E-state index in [0.29, 0.717) is 40.3 Å². The number of fused-ring (bicyclic) bond motifs is 2. The van der Waals surface area contributed by atoms with E-state index in [1.54, 1.807) is 12.1 Å². The molecule has 0 radical (unpaired) electrons. The van der Waals surface area contributed by atoms with Gasteiger partial charge >= 0.3 is 0 Å². The summed E-state index contributed by atoms with van der Waals surface area (Å²) in [4.78, 5) is 21.8. The molecule has 3 aromatic carbocycles. The molecule has 0 spiro atoms. The van der Waals surface area contributed by atoms with Crippen LogP contribution in [0.15, 0.2) is 83.6 Å². The number of halogens is 1. The average Bonchev–Trinajstić information content (AvgIpc) is 3.34. The second kappa shape index (κ2) is 9.75. The number of rotatable bonds is 6. The number of hydrogen-bond acceptors (Lipinski definition) is 7. The van der Waals surface area contributed by atoms with Crippen LogP contribution >= 0.6 is 15.9 Å². The topological polar surface area (TPSA) is 115 Å². The second-order valence-corrected chi connectivity index (χ2v) is 10.2. The van der Waals surface area contributed by atoms with Gasteiger partial charge in [-0.3, -0.25) is 0 Å². The van der Waals surface area contributed by atoms with Gasteiger partial charge in [-0.15, -0.1) is 0 Å². The number of anilines is 3. The number of H-pyrrole nitrogens is 1. The lowest BCUT2D eigenvalue weighted by atomic mass is 10.1. The summed E-state index contributed by atoms with van der Waals surface area (Å²) in [7, 11) is 0. The number of aromatic nitrogens is 5. The zero-order valence-electron chi connectivity index (χ0n) is 20.7. The third-order valence-electron chi connectivity index (χ3n) is 6.17. The number of imidazole rings is 1. The Bertz CT molecular complexity index is 1780. The van der Waals surface area contributed by atoms with E-state index in [9.17, 15) is 0 Å². The first-order valence-electron chi connectivity index (χ1n) is 12.1. The largest absolute Gasteiger partial charge is 0.455 e. The minimum Gasteiger partial charge on any atom is -0.455 e. The summed E-state index contributed by atoms with van der Waals surface area (Å²) >= 11 is 3.52. The van der Waals surface area contributed by atoms with Crippen LogP contribution in [0, 0.1) is 0 Å².